The third-order valence-corrected chi connectivity index (χ3v) is 2.27. The molecule has 0 bridgehead atoms. The van der Waals surface area contributed by atoms with Gasteiger partial charge in [0.25, 0.3) is 0 Å². The molecule has 17 heavy (non-hydrogen) atoms. The van der Waals surface area contributed by atoms with Gasteiger partial charge in [0, 0.05) is 25.5 Å². The Hall–Kier alpha value is -1.62. The van der Waals surface area contributed by atoms with Crippen LogP contribution in [0.1, 0.15) is 12.0 Å². The smallest absolute Gasteiger partial charge is 0.315 e. The zero-order chi connectivity index (χ0) is 12.5. The van der Waals surface area contributed by atoms with Crippen molar-refractivity contribution in [3.63, 3.8) is 0 Å². The van der Waals surface area contributed by atoms with Gasteiger partial charge in [0.15, 0.2) is 0 Å². The molecule has 0 unspecified atom stereocenters. The molecule has 2 N–H and O–H groups in total. The zero-order valence-electron chi connectivity index (χ0n) is 10.4. The lowest BCUT2D eigenvalue weighted by Gasteiger charge is -2.10. The van der Waals surface area contributed by atoms with Crippen LogP contribution in [0.4, 0.5) is 4.79 Å². The summed E-state index contributed by atoms with van der Waals surface area (Å²) in [7, 11) is 4.03. The van der Waals surface area contributed by atoms with Gasteiger partial charge < -0.3 is 15.5 Å². The van der Waals surface area contributed by atoms with E-state index in [1.807, 2.05) is 26.2 Å². The number of hydrogen-bond acceptors (Lipinski definition) is 3. The minimum absolute atomic E-state index is 0.124. The summed E-state index contributed by atoms with van der Waals surface area (Å²) in [4.78, 5) is 17.4. The van der Waals surface area contributed by atoms with E-state index in [4.69, 9.17) is 0 Å². The fourth-order valence-electron chi connectivity index (χ4n) is 1.34. The Balaban J connectivity index is 2.09. The molecule has 0 saturated carbocycles. The number of amides is 2. The monoisotopic (exact) mass is 236 g/mol. The van der Waals surface area contributed by atoms with E-state index in [0.717, 1.165) is 18.5 Å². The van der Waals surface area contributed by atoms with Gasteiger partial charge in [0.05, 0.1) is 0 Å². The number of hydrogen-bond donors (Lipinski definition) is 2. The molecule has 0 atom stereocenters. The first kappa shape index (κ1) is 13.4. The van der Waals surface area contributed by atoms with E-state index in [1.165, 1.54) is 0 Å². The normalized spacial score (nSPS) is 10.3. The molecule has 1 rings (SSSR count). The molecule has 0 aliphatic rings. The fourth-order valence-corrected chi connectivity index (χ4v) is 1.34. The number of pyridine rings is 1. The van der Waals surface area contributed by atoms with Crippen LogP contribution in [0.2, 0.25) is 0 Å². The first-order valence-corrected chi connectivity index (χ1v) is 5.74. The summed E-state index contributed by atoms with van der Waals surface area (Å²) in [5.41, 5.74) is 1.04. The summed E-state index contributed by atoms with van der Waals surface area (Å²) in [5.74, 6) is 0. The quantitative estimate of drug-likeness (QED) is 0.719. The summed E-state index contributed by atoms with van der Waals surface area (Å²) < 4.78 is 0. The molecule has 0 aromatic carbocycles. The lowest BCUT2D eigenvalue weighted by Crippen LogP contribution is -2.36. The predicted octanol–water partition coefficient (Wildman–Crippen LogP) is 0.832. The Kier molecular flexibility index (Phi) is 6.03. The summed E-state index contributed by atoms with van der Waals surface area (Å²) in [5, 5.41) is 5.61. The van der Waals surface area contributed by atoms with Gasteiger partial charge in [-0.3, -0.25) is 4.98 Å². The van der Waals surface area contributed by atoms with Crippen LogP contribution in [0.25, 0.3) is 0 Å². The fraction of sp³-hybridized carbons (Fsp3) is 0.500. The van der Waals surface area contributed by atoms with Crippen LogP contribution in [-0.4, -0.2) is 43.1 Å². The minimum atomic E-state index is -0.124. The second-order valence-corrected chi connectivity index (χ2v) is 4.12. The molecule has 0 aliphatic heterocycles. The third-order valence-electron chi connectivity index (χ3n) is 2.27. The molecule has 0 radical (unpaired) electrons. The minimum Gasteiger partial charge on any atom is -0.338 e. The molecule has 2 amide bonds. The van der Waals surface area contributed by atoms with Gasteiger partial charge >= 0.3 is 6.03 Å². The topological polar surface area (TPSA) is 57.3 Å². The van der Waals surface area contributed by atoms with Crippen molar-refractivity contribution in [2.75, 3.05) is 27.2 Å². The van der Waals surface area contributed by atoms with Crippen molar-refractivity contribution in [3.8, 4) is 0 Å². The Morgan fingerprint density at radius 2 is 2.00 bits per heavy atom. The summed E-state index contributed by atoms with van der Waals surface area (Å²) in [6, 6.07) is 3.64. The Labute approximate surface area is 102 Å². The number of urea groups is 1. The molecule has 0 aliphatic carbocycles. The molecule has 0 fully saturated rings. The maximum Gasteiger partial charge on any atom is 0.315 e. The van der Waals surface area contributed by atoms with Crippen molar-refractivity contribution >= 4 is 6.03 Å². The third kappa shape index (κ3) is 6.52. The first-order chi connectivity index (χ1) is 8.18. The highest BCUT2D eigenvalue weighted by molar-refractivity contribution is 5.73. The van der Waals surface area contributed by atoms with Gasteiger partial charge in [-0.25, -0.2) is 4.79 Å². The van der Waals surface area contributed by atoms with Crippen LogP contribution in [0, 0.1) is 0 Å². The number of aromatic nitrogens is 1. The number of nitrogens with one attached hydrogen (secondary N) is 2. The Morgan fingerprint density at radius 3 is 2.65 bits per heavy atom. The van der Waals surface area contributed by atoms with Crippen LogP contribution in [0.5, 0.6) is 0 Å². The molecular weight excluding hydrogens is 216 g/mol. The summed E-state index contributed by atoms with van der Waals surface area (Å²) in [6.07, 6.45) is 4.38. The molecular formula is C12H20N4O. The molecule has 5 nitrogen and oxygen atoms in total. The van der Waals surface area contributed by atoms with Crippen LogP contribution in [-0.2, 0) is 6.54 Å². The second kappa shape index (κ2) is 7.62. The van der Waals surface area contributed by atoms with Crippen molar-refractivity contribution < 1.29 is 4.79 Å². The van der Waals surface area contributed by atoms with E-state index >= 15 is 0 Å². The van der Waals surface area contributed by atoms with Crippen LogP contribution >= 0.6 is 0 Å². The standard InChI is InChI=1S/C12H20N4O/c1-16(2)9-3-6-14-12(17)15-10-11-4-7-13-8-5-11/h4-5,7-8H,3,6,9-10H2,1-2H3,(H2,14,15,17). The molecule has 94 valence electrons. The Morgan fingerprint density at radius 1 is 1.29 bits per heavy atom. The van der Waals surface area contributed by atoms with Crippen molar-refractivity contribution in [3.05, 3.63) is 30.1 Å². The van der Waals surface area contributed by atoms with Crippen molar-refractivity contribution in [2.45, 2.75) is 13.0 Å². The number of carbonyl (C=O) groups is 1. The average molecular weight is 236 g/mol. The van der Waals surface area contributed by atoms with Crippen LogP contribution < -0.4 is 10.6 Å². The van der Waals surface area contributed by atoms with E-state index in [1.54, 1.807) is 12.4 Å². The SMILES string of the molecule is CN(C)CCCNC(=O)NCc1ccncc1. The van der Waals surface area contributed by atoms with E-state index in [0.29, 0.717) is 13.1 Å². The summed E-state index contributed by atoms with van der Waals surface area (Å²) >= 11 is 0. The lowest BCUT2D eigenvalue weighted by atomic mass is 10.3. The molecule has 1 heterocycles. The van der Waals surface area contributed by atoms with E-state index in [9.17, 15) is 4.79 Å². The van der Waals surface area contributed by atoms with Crippen LogP contribution in [0.3, 0.4) is 0 Å². The zero-order valence-corrected chi connectivity index (χ0v) is 10.4. The highest BCUT2D eigenvalue weighted by Crippen LogP contribution is 1.94. The molecule has 5 heteroatoms. The molecule has 1 aromatic rings. The van der Waals surface area contributed by atoms with Crippen molar-refractivity contribution in [1.29, 1.82) is 0 Å². The van der Waals surface area contributed by atoms with E-state index in [2.05, 4.69) is 20.5 Å². The van der Waals surface area contributed by atoms with Crippen molar-refractivity contribution in [2.24, 2.45) is 0 Å². The van der Waals surface area contributed by atoms with Gasteiger partial charge in [-0.2, -0.15) is 0 Å². The molecule has 1 aromatic heterocycles. The van der Waals surface area contributed by atoms with E-state index < -0.39 is 0 Å². The molecule has 0 saturated heterocycles. The van der Waals surface area contributed by atoms with Gasteiger partial charge in [0.2, 0.25) is 0 Å². The van der Waals surface area contributed by atoms with Crippen molar-refractivity contribution in [1.82, 2.24) is 20.5 Å². The van der Waals surface area contributed by atoms with Gasteiger partial charge in [0.1, 0.15) is 0 Å². The number of nitrogens with zero attached hydrogens (tertiary/aromatic N) is 2. The highest BCUT2D eigenvalue weighted by atomic mass is 16.2. The number of carbonyl (C=O) groups excluding carboxylic acids is 1. The second-order valence-electron chi connectivity index (χ2n) is 4.12. The van der Waals surface area contributed by atoms with Gasteiger partial charge in [-0.15, -0.1) is 0 Å². The number of rotatable bonds is 6. The lowest BCUT2D eigenvalue weighted by molar-refractivity contribution is 0.240. The Bertz CT molecular complexity index is 327. The van der Waals surface area contributed by atoms with E-state index in [-0.39, 0.29) is 6.03 Å². The highest BCUT2D eigenvalue weighted by Gasteiger charge is 1.99. The average Bonchev–Trinajstić information content (AvgIpc) is 2.33. The maximum atomic E-state index is 11.4. The maximum absolute atomic E-state index is 11.4. The van der Waals surface area contributed by atoms with Crippen LogP contribution in [0.15, 0.2) is 24.5 Å². The largest absolute Gasteiger partial charge is 0.338 e. The van der Waals surface area contributed by atoms with Gasteiger partial charge in [-0.1, -0.05) is 0 Å². The first-order valence-electron chi connectivity index (χ1n) is 5.74. The predicted molar refractivity (Wildman–Crippen MR) is 67.6 cm³/mol. The molecule has 0 spiro atoms. The van der Waals surface area contributed by atoms with Gasteiger partial charge in [-0.05, 0) is 44.8 Å². The summed E-state index contributed by atoms with van der Waals surface area (Å²) in [6.45, 7) is 2.20.